The molecule has 2 aliphatic heterocycles. The third-order valence-corrected chi connectivity index (χ3v) is 9.08. The molecular weight excluding hydrogens is 478 g/mol. The highest BCUT2D eigenvalue weighted by Gasteiger charge is 2.56. The SMILES string of the molecule is C/C(=C\c1csc(C)n1)[C@H]1OC(=O)C[C@H](O)C(C)(C)C(=O)[C@H](C)[C@@H](O)[C@@H](C)CCC[C@@]2(C)O[C@H]2[C@@H]1C. The van der Waals surface area contributed by atoms with Crippen LogP contribution >= 0.6 is 11.3 Å². The molecule has 8 atom stereocenters. The van der Waals surface area contributed by atoms with Crippen molar-refractivity contribution in [2.24, 2.45) is 23.2 Å². The van der Waals surface area contributed by atoms with Crippen molar-refractivity contribution in [1.82, 2.24) is 4.98 Å². The van der Waals surface area contributed by atoms with Crippen molar-refractivity contribution in [1.29, 1.82) is 0 Å². The Bertz CT molecular complexity index is 986. The quantitative estimate of drug-likeness (QED) is 0.428. The number of hydrogen-bond donors (Lipinski definition) is 2. The summed E-state index contributed by atoms with van der Waals surface area (Å²) >= 11 is 1.56. The van der Waals surface area contributed by atoms with Crippen molar-refractivity contribution < 1.29 is 29.3 Å². The highest BCUT2D eigenvalue weighted by atomic mass is 32.1. The minimum absolute atomic E-state index is 0.0764. The summed E-state index contributed by atoms with van der Waals surface area (Å²) in [5.41, 5.74) is 0.138. The zero-order chi connectivity index (χ0) is 27.0. The lowest BCUT2D eigenvalue weighted by molar-refractivity contribution is -0.156. The minimum atomic E-state index is -1.24. The zero-order valence-corrected chi connectivity index (χ0v) is 23.7. The summed E-state index contributed by atoms with van der Waals surface area (Å²) in [5.74, 6) is -1.68. The molecule has 0 amide bonds. The van der Waals surface area contributed by atoms with E-state index < -0.39 is 35.6 Å². The zero-order valence-electron chi connectivity index (χ0n) is 22.9. The lowest BCUT2D eigenvalue weighted by atomic mass is 9.73. The van der Waals surface area contributed by atoms with Gasteiger partial charge in [-0.05, 0) is 51.2 Å². The van der Waals surface area contributed by atoms with Gasteiger partial charge < -0.3 is 19.7 Å². The van der Waals surface area contributed by atoms with Crippen LogP contribution in [-0.2, 0) is 19.1 Å². The molecule has 0 bridgehead atoms. The molecule has 0 radical (unpaired) electrons. The number of esters is 1. The van der Waals surface area contributed by atoms with Crippen LogP contribution in [0.25, 0.3) is 6.08 Å². The van der Waals surface area contributed by atoms with Gasteiger partial charge in [0.25, 0.3) is 0 Å². The number of aromatic nitrogens is 1. The van der Waals surface area contributed by atoms with E-state index in [0.29, 0.717) is 0 Å². The van der Waals surface area contributed by atoms with E-state index in [1.165, 1.54) is 0 Å². The van der Waals surface area contributed by atoms with Gasteiger partial charge in [0, 0.05) is 17.2 Å². The molecule has 2 aliphatic rings. The average Bonchev–Trinajstić information content (AvgIpc) is 3.31. The van der Waals surface area contributed by atoms with Crippen molar-refractivity contribution in [2.75, 3.05) is 0 Å². The average molecular weight is 522 g/mol. The molecule has 1 aromatic heterocycles. The van der Waals surface area contributed by atoms with Crippen LogP contribution in [0.2, 0.25) is 0 Å². The van der Waals surface area contributed by atoms with Crippen molar-refractivity contribution >= 4 is 29.2 Å². The smallest absolute Gasteiger partial charge is 0.309 e. The van der Waals surface area contributed by atoms with Crippen LogP contribution < -0.4 is 0 Å². The number of carbonyl (C=O) groups is 2. The molecule has 202 valence electrons. The Morgan fingerprint density at radius 3 is 2.47 bits per heavy atom. The summed E-state index contributed by atoms with van der Waals surface area (Å²) < 4.78 is 12.1. The van der Waals surface area contributed by atoms with E-state index in [2.05, 4.69) is 11.9 Å². The first-order valence-corrected chi connectivity index (χ1v) is 13.9. The first-order chi connectivity index (χ1) is 16.7. The topological polar surface area (TPSA) is 109 Å². The summed E-state index contributed by atoms with van der Waals surface area (Å²) in [6.07, 6.45) is 1.37. The molecule has 1 aromatic rings. The first kappa shape index (κ1) is 29.0. The molecule has 2 fully saturated rings. The normalized spacial score (nSPS) is 38.8. The molecule has 3 rings (SSSR count). The largest absolute Gasteiger partial charge is 0.457 e. The second-order valence-corrected chi connectivity index (χ2v) is 12.8. The monoisotopic (exact) mass is 521 g/mol. The highest BCUT2D eigenvalue weighted by molar-refractivity contribution is 7.09. The number of Topliss-reactive ketones (excluding diaryl/α,β-unsaturated/α-hetero) is 1. The van der Waals surface area contributed by atoms with Crippen LogP contribution in [0.3, 0.4) is 0 Å². The van der Waals surface area contributed by atoms with Gasteiger partial charge in [0.15, 0.2) is 0 Å². The third kappa shape index (κ3) is 6.26. The van der Waals surface area contributed by atoms with Crippen molar-refractivity contribution in [3.8, 4) is 0 Å². The Balaban J connectivity index is 1.91. The summed E-state index contributed by atoms with van der Waals surface area (Å²) in [5, 5.41) is 24.7. The number of epoxide rings is 1. The van der Waals surface area contributed by atoms with E-state index in [-0.39, 0.29) is 35.7 Å². The molecule has 0 saturated carbocycles. The van der Waals surface area contributed by atoms with Gasteiger partial charge in [-0.15, -0.1) is 11.3 Å². The molecule has 7 nitrogen and oxygen atoms in total. The number of nitrogens with zero attached hydrogens (tertiary/aromatic N) is 1. The number of aliphatic hydroxyl groups is 2. The van der Waals surface area contributed by atoms with Crippen LogP contribution in [-0.4, -0.2) is 57.0 Å². The number of aliphatic hydroxyl groups excluding tert-OH is 2. The minimum Gasteiger partial charge on any atom is -0.457 e. The van der Waals surface area contributed by atoms with E-state index >= 15 is 0 Å². The second-order valence-electron chi connectivity index (χ2n) is 11.8. The van der Waals surface area contributed by atoms with Crippen LogP contribution in [0, 0.1) is 30.1 Å². The van der Waals surface area contributed by atoms with Crippen LogP contribution in [0.5, 0.6) is 0 Å². The maximum Gasteiger partial charge on any atom is 0.309 e. The number of ether oxygens (including phenoxy) is 2. The van der Waals surface area contributed by atoms with Gasteiger partial charge in [-0.1, -0.05) is 41.0 Å². The van der Waals surface area contributed by atoms with E-state index in [9.17, 15) is 19.8 Å². The highest BCUT2D eigenvalue weighted by Crippen LogP contribution is 2.47. The van der Waals surface area contributed by atoms with Crippen LogP contribution in [0.1, 0.15) is 84.9 Å². The van der Waals surface area contributed by atoms with E-state index in [1.807, 2.05) is 39.2 Å². The fraction of sp³-hybridized carbons (Fsp3) is 0.750. The second kappa shape index (κ2) is 11.0. The first-order valence-electron chi connectivity index (χ1n) is 13.1. The standard InChI is InChI=1S/C28H43NO6S/c1-15-10-9-11-28(8)26(35-28)18(4)24(16(2)12-20-14-36-19(5)29-20)34-22(31)13-21(30)27(6,7)25(33)17(3)23(15)32/h12,14-15,17-18,21,23-24,26,30,32H,9-11,13H2,1-8H3/b16-12+/t15-,17+,18+,21-,23-,24+,26-,28+/m0/s1. The van der Waals surface area contributed by atoms with Gasteiger partial charge in [-0.3, -0.25) is 9.59 Å². The predicted molar refractivity (Wildman–Crippen MR) is 140 cm³/mol. The molecule has 0 unspecified atom stereocenters. The van der Waals surface area contributed by atoms with Gasteiger partial charge in [0.2, 0.25) is 0 Å². The summed E-state index contributed by atoms with van der Waals surface area (Å²) in [4.78, 5) is 30.8. The number of fused-ring (bicyclic) bond motifs is 1. The fourth-order valence-electron chi connectivity index (χ4n) is 5.60. The molecule has 8 heteroatoms. The van der Waals surface area contributed by atoms with Gasteiger partial charge in [0.1, 0.15) is 11.9 Å². The molecule has 0 spiro atoms. The lowest BCUT2D eigenvalue weighted by Gasteiger charge is -2.35. The Labute approximate surface area is 219 Å². The molecule has 2 saturated heterocycles. The summed E-state index contributed by atoms with van der Waals surface area (Å²) in [7, 11) is 0. The molecular formula is C28H43NO6S. The van der Waals surface area contributed by atoms with E-state index in [0.717, 1.165) is 35.5 Å². The molecule has 0 aromatic carbocycles. The van der Waals surface area contributed by atoms with E-state index in [1.54, 1.807) is 32.1 Å². The van der Waals surface area contributed by atoms with Crippen LogP contribution in [0.4, 0.5) is 0 Å². The maximum absolute atomic E-state index is 13.3. The maximum atomic E-state index is 13.3. The van der Waals surface area contributed by atoms with E-state index in [4.69, 9.17) is 9.47 Å². The van der Waals surface area contributed by atoms with Gasteiger partial charge in [0.05, 0.1) is 46.5 Å². The number of ketones is 1. The number of thiazole rings is 1. The predicted octanol–water partition coefficient (Wildman–Crippen LogP) is 4.72. The number of rotatable bonds is 2. The number of hydrogen-bond acceptors (Lipinski definition) is 8. The van der Waals surface area contributed by atoms with Gasteiger partial charge in [-0.2, -0.15) is 0 Å². The van der Waals surface area contributed by atoms with Crippen molar-refractivity contribution in [2.45, 2.75) is 111 Å². The Kier molecular flexibility index (Phi) is 8.86. The van der Waals surface area contributed by atoms with Crippen molar-refractivity contribution in [3.05, 3.63) is 21.7 Å². The number of carbonyl (C=O) groups excluding carboxylic acids is 2. The van der Waals surface area contributed by atoms with Gasteiger partial charge >= 0.3 is 5.97 Å². The summed E-state index contributed by atoms with van der Waals surface area (Å²) in [6.45, 7) is 14.9. The van der Waals surface area contributed by atoms with Crippen LogP contribution in [0.15, 0.2) is 11.0 Å². The molecule has 36 heavy (non-hydrogen) atoms. The van der Waals surface area contributed by atoms with Gasteiger partial charge in [-0.25, -0.2) is 4.98 Å². The lowest BCUT2D eigenvalue weighted by Crippen LogP contribution is -2.46. The molecule has 2 N–H and O–H groups in total. The molecule has 3 heterocycles. The number of cyclic esters (lactones) is 1. The third-order valence-electron chi connectivity index (χ3n) is 8.29. The summed E-state index contributed by atoms with van der Waals surface area (Å²) in [6, 6.07) is 0. The van der Waals surface area contributed by atoms with Crippen molar-refractivity contribution in [3.63, 3.8) is 0 Å². The Morgan fingerprint density at radius 1 is 1.19 bits per heavy atom. The fourth-order valence-corrected chi connectivity index (χ4v) is 6.17. The molecule has 0 aliphatic carbocycles. The Morgan fingerprint density at radius 2 is 1.86 bits per heavy atom. The number of aryl methyl sites for hydroxylation is 1. The Hall–Kier alpha value is -1.61.